The average Bonchev–Trinajstić information content (AvgIpc) is 3.05. The second-order valence-electron chi connectivity index (χ2n) is 6.74. The van der Waals surface area contributed by atoms with Gasteiger partial charge in [-0.15, -0.1) is 0 Å². The Morgan fingerprint density at radius 3 is 2.42 bits per heavy atom. The molecule has 1 aromatic heterocycles. The van der Waals surface area contributed by atoms with Crippen molar-refractivity contribution >= 4 is 10.9 Å². The predicted molar refractivity (Wildman–Crippen MR) is 108 cm³/mol. The number of fused-ring (bicyclic) bond motifs is 1. The minimum Gasteiger partial charge on any atom is -0.497 e. The zero-order valence-corrected chi connectivity index (χ0v) is 16.1. The summed E-state index contributed by atoms with van der Waals surface area (Å²) in [6.45, 7) is 5.05. The third-order valence-corrected chi connectivity index (χ3v) is 5.03. The molecule has 2 aromatic carbocycles. The first-order chi connectivity index (χ1) is 12.6. The monoisotopic (exact) mass is 352 g/mol. The van der Waals surface area contributed by atoms with Gasteiger partial charge >= 0.3 is 0 Å². The molecule has 4 heteroatoms. The number of aryl methyl sites for hydroxylation is 3. The van der Waals surface area contributed by atoms with Crippen LogP contribution in [0.5, 0.6) is 11.5 Å². The Kier molecular flexibility index (Phi) is 5.52. The Morgan fingerprint density at radius 2 is 1.73 bits per heavy atom. The zero-order valence-electron chi connectivity index (χ0n) is 16.1. The van der Waals surface area contributed by atoms with Gasteiger partial charge < -0.3 is 20.2 Å². The summed E-state index contributed by atoms with van der Waals surface area (Å²) in [7, 11) is 3.37. The summed E-state index contributed by atoms with van der Waals surface area (Å²) in [5, 5.41) is 1.33. The smallest absolute Gasteiger partial charge is 0.131 e. The molecule has 3 aromatic rings. The highest BCUT2D eigenvalue weighted by Crippen LogP contribution is 2.40. The highest BCUT2D eigenvalue weighted by Gasteiger charge is 2.19. The number of H-pyrrole nitrogens is 1. The lowest BCUT2D eigenvalue weighted by Crippen LogP contribution is -2.00. The zero-order chi connectivity index (χ0) is 18.7. The normalized spacial score (nSPS) is 11.1. The van der Waals surface area contributed by atoms with E-state index in [0.717, 1.165) is 48.6 Å². The van der Waals surface area contributed by atoms with Crippen molar-refractivity contribution in [1.82, 2.24) is 4.98 Å². The maximum absolute atomic E-state index is 5.72. The van der Waals surface area contributed by atoms with Crippen molar-refractivity contribution in [2.24, 2.45) is 5.73 Å². The van der Waals surface area contributed by atoms with Crippen molar-refractivity contribution in [2.75, 3.05) is 20.8 Å². The van der Waals surface area contributed by atoms with Crippen molar-refractivity contribution in [3.63, 3.8) is 0 Å². The number of nitrogens with two attached hydrogens (primary N) is 1. The summed E-state index contributed by atoms with van der Waals surface area (Å²) < 4.78 is 11.0. The van der Waals surface area contributed by atoms with Crippen LogP contribution in [0.4, 0.5) is 0 Å². The fraction of sp³-hybridized carbons (Fsp3) is 0.364. The van der Waals surface area contributed by atoms with E-state index in [9.17, 15) is 0 Å². The third kappa shape index (κ3) is 3.29. The van der Waals surface area contributed by atoms with Gasteiger partial charge in [-0.1, -0.05) is 12.1 Å². The summed E-state index contributed by atoms with van der Waals surface area (Å²) in [4.78, 5) is 3.68. The highest BCUT2D eigenvalue weighted by molar-refractivity contribution is 5.95. The van der Waals surface area contributed by atoms with E-state index in [1.165, 1.54) is 27.6 Å². The van der Waals surface area contributed by atoms with Crippen LogP contribution in [-0.4, -0.2) is 25.7 Å². The molecule has 0 aliphatic heterocycles. The summed E-state index contributed by atoms with van der Waals surface area (Å²) in [5.74, 6) is 1.60. The van der Waals surface area contributed by atoms with E-state index in [1.54, 1.807) is 14.2 Å². The Bertz CT molecular complexity index is 912. The second-order valence-corrected chi connectivity index (χ2v) is 6.74. The Labute approximate surface area is 155 Å². The summed E-state index contributed by atoms with van der Waals surface area (Å²) >= 11 is 0. The van der Waals surface area contributed by atoms with E-state index in [-0.39, 0.29) is 0 Å². The number of benzene rings is 2. The fourth-order valence-corrected chi connectivity index (χ4v) is 3.62. The molecule has 3 N–H and O–H groups in total. The van der Waals surface area contributed by atoms with Crippen molar-refractivity contribution in [2.45, 2.75) is 33.1 Å². The molecule has 4 nitrogen and oxygen atoms in total. The van der Waals surface area contributed by atoms with Gasteiger partial charge in [0.15, 0.2) is 0 Å². The van der Waals surface area contributed by atoms with Crippen LogP contribution in [0.3, 0.4) is 0 Å². The average molecular weight is 352 g/mol. The van der Waals surface area contributed by atoms with Gasteiger partial charge in [0.1, 0.15) is 11.5 Å². The van der Waals surface area contributed by atoms with Crippen LogP contribution in [0.15, 0.2) is 30.3 Å². The molecule has 0 spiro atoms. The summed E-state index contributed by atoms with van der Waals surface area (Å²) in [6.07, 6.45) is 3.09. The van der Waals surface area contributed by atoms with Crippen LogP contribution >= 0.6 is 0 Å². The van der Waals surface area contributed by atoms with Gasteiger partial charge in [-0.25, -0.2) is 0 Å². The quantitative estimate of drug-likeness (QED) is 0.603. The SMILES string of the molecule is COc1ccc(-c2[nH]c3c(C)ccc(C)c3c2CCCCN)c(OC)c1. The van der Waals surface area contributed by atoms with Gasteiger partial charge in [0, 0.05) is 22.5 Å². The first-order valence-electron chi connectivity index (χ1n) is 9.14. The summed E-state index contributed by atoms with van der Waals surface area (Å²) in [6, 6.07) is 10.4. The maximum Gasteiger partial charge on any atom is 0.131 e. The van der Waals surface area contributed by atoms with Gasteiger partial charge in [-0.3, -0.25) is 0 Å². The maximum atomic E-state index is 5.72. The molecular formula is C22H28N2O2. The van der Waals surface area contributed by atoms with E-state index in [4.69, 9.17) is 15.2 Å². The molecule has 0 aliphatic rings. The molecule has 0 unspecified atom stereocenters. The Hall–Kier alpha value is -2.46. The number of methoxy groups -OCH3 is 2. The number of hydrogen-bond donors (Lipinski definition) is 2. The van der Waals surface area contributed by atoms with Crippen molar-refractivity contribution in [3.8, 4) is 22.8 Å². The molecule has 0 saturated carbocycles. The molecule has 0 bridgehead atoms. The largest absolute Gasteiger partial charge is 0.497 e. The lowest BCUT2D eigenvalue weighted by molar-refractivity contribution is 0.395. The van der Waals surface area contributed by atoms with E-state index in [1.807, 2.05) is 12.1 Å². The Balaban J connectivity index is 2.23. The fourth-order valence-electron chi connectivity index (χ4n) is 3.62. The molecule has 0 aliphatic carbocycles. The molecule has 138 valence electrons. The molecule has 0 radical (unpaired) electrons. The minimum absolute atomic E-state index is 0.724. The van der Waals surface area contributed by atoms with Gasteiger partial charge in [0.25, 0.3) is 0 Å². The number of aromatic amines is 1. The predicted octanol–water partition coefficient (Wildman–Crippen LogP) is 4.75. The Morgan fingerprint density at radius 1 is 0.962 bits per heavy atom. The molecule has 0 atom stereocenters. The molecule has 0 fully saturated rings. The van der Waals surface area contributed by atoms with Crippen LogP contribution in [0.1, 0.15) is 29.5 Å². The van der Waals surface area contributed by atoms with Crippen LogP contribution < -0.4 is 15.2 Å². The molecule has 0 amide bonds. The molecule has 1 heterocycles. The highest BCUT2D eigenvalue weighted by atomic mass is 16.5. The topological polar surface area (TPSA) is 60.3 Å². The molecule has 3 rings (SSSR count). The van der Waals surface area contributed by atoms with Gasteiger partial charge in [-0.05, 0) is 68.5 Å². The lowest BCUT2D eigenvalue weighted by Gasteiger charge is -2.12. The van der Waals surface area contributed by atoms with E-state index in [0.29, 0.717) is 0 Å². The van der Waals surface area contributed by atoms with Crippen LogP contribution in [0.2, 0.25) is 0 Å². The standard InChI is InChI=1S/C22H28N2O2/c1-14-8-9-15(2)21-20(14)18(7-5-6-12-23)22(24-21)17-11-10-16(25-3)13-19(17)26-4/h8-11,13,24H,5-7,12,23H2,1-4H3. The van der Waals surface area contributed by atoms with Gasteiger partial charge in [-0.2, -0.15) is 0 Å². The lowest BCUT2D eigenvalue weighted by atomic mass is 9.96. The number of aromatic nitrogens is 1. The third-order valence-electron chi connectivity index (χ3n) is 5.03. The second kappa shape index (κ2) is 7.83. The van der Waals surface area contributed by atoms with Gasteiger partial charge in [0.05, 0.1) is 19.9 Å². The van der Waals surface area contributed by atoms with Crippen LogP contribution in [0.25, 0.3) is 22.2 Å². The van der Waals surface area contributed by atoms with E-state index in [2.05, 4.69) is 37.0 Å². The van der Waals surface area contributed by atoms with E-state index < -0.39 is 0 Å². The van der Waals surface area contributed by atoms with Crippen molar-refractivity contribution < 1.29 is 9.47 Å². The number of ether oxygens (including phenoxy) is 2. The van der Waals surface area contributed by atoms with E-state index >= 15 is 0 Å². The van der Waals surface area contributed by atoms with Crippen LogP contribution in [0, 0.1) is 13.8 Å². The number of hydrogen-bond acceptors (Lipinski definition) is 3. The van der Waals surface area contributed by atoms with Gasteiger partial charge in [0.2, 0.25) is 0 Å². The van der Waals surface area contributed by atoms with Crippen molar-refractivity contribution in [3.05, 3.63) is 47.0 Å². The first kappa shape index (κ1) is 18.3. The number of nitrogens with one attached hydrogen (secondary N) is 1. The number of unbranched alkanes of at least 4 members (excludes halogenated alkanes) is 1. The summed E-state index contributed by atoms with van der Waals surface area (Å²) in [5.41, 5.74) is 13.0. The molecule has 0 saturated heterocycles. The minimum atomic E-state index is 0.724. The van der Waals surface area contributed by atoms with Crippen LogP contribution in [-0.2, 0) is 6.42 Å². The van der Waals surface area contributed by atoms with Crippen molar-refractivity contribution in [1.29, 1.82) is 0 Å². The first-order valence-corrected chi connectivity index (χ1v) is 9.14. The number of rotatable bonds is 7. The molecular weight excluding hydrogens is 324 g/mol. The molecule has 26 heavy (non-hydrogen) atoms.